The van der Waals surface area contributed by atoms with Gasteiger partial charge in [0.25, 0.3) is 0 Å². The Labute approximate surface area is 628 Å². The van der Waals surface area contributed by atoms with Crippen molar-refractivity contribution in [3.8, 4) is 0 Å². The molecule has 95 heavy (non-hydrogen) atoms. The van der Waals surface area contributed by atoms with Crippen molar-refractivity contribution in [2.24, 2.45) is 0 Å². The van der Waals surface area contributed by atoms with Gasteiger partial charge in [-0.2, -0.15) is 0 Å². The van der Waals surface area contributed by atoms with Crippen molar-refractivity contribution in [2.45, 2.75) is 133 Å². The molecule has 0 aliphatic heterocycles. The lowest BCUT2D eigenvalue weighted by atomic mass is 10.1. The molecule has 4 aromatic rings. The standard InChI is InChI=1S/C23H43N2.C21H31N2.C18H33N2O3.C12H29N2.C6H6.4BrH/c1-5-16-24(17-6-2)18-12-13-21-25(19-7-3,20-8-4)22-23-14-10-9-11-15-23;1-5-14-22(15-6-2)16-19-23(17-7-3,18-8-4)20-21-12-10-9-11-13-21;1-2-11-20(13-16-23,17-18-6-4-3-5-7-18)12-8-19(9-14-21)10-15-22;1-6-13(7-2)11-10-12-14(5,8-3)9-4;1-2-4-6-5-3-1;;;;/h9-11,14-15H,5-8,12-13,16-22H2,1-4H3;5-13H,1-4,14-20H2;3-7,21-23H,2,8-17H2,1H3;6-12H2,1-5H3;1-6H;4*1H/q4*+1;;;;;/p-4. The molecule has 0 bridgehead atoms. The van der Waals surface area contributed by atoms with Gasteiger partial charge in [0.05, 0.1) is 98.9 Å². The molecular weight excluding hydrogens is 1440 g/mol. The number of hydrogen-bond acceptors (Lipinski definition) is 7. The Kier molecular flexibility index (Phi) is 71.4. The van der Waals surface area contributed by atoms with E-state index in [0.29, 0.717) is 13.1 Å². The molecule has 0 radical (unpaired) electrons. The number of unbranched alkanes of at least 4 members (excludes halogenated alkanes) is 1. The zero-order valence-electron chi connectivity index (χ0n) is 62.1. The van der Waals surface area contributed by atoms with Gasteiger partial charge in [-0.25, -0.2) is 0 Å². The summed E-state index contributed by atoms with van der Waals surface area (Å²) in [5, 5.41) is 27.9. The largest absolute Gasteiger partial charge is 1.00 e. The molecule has 0 saturated carbocycles. The van der Waals surface area contributed by atoms with Crippen LogP contribution >= 0.6 is 0 Å². The van der Waals surface area contributed by atoms with E-state index in [4.69, 9.17) is 10.2 Å². The van der Waals surface area contributed by atoms with Gasteiger partial charge in [-0.3, -0.25) is 9.80 Å². The molecule has 0 amide bonds. The highest BCUT2D eigenvalue weighted by atomic mass is 79.9. The molecule has 0 aliphatic rings. The van der Waals surface area contributed by atoms with Gasteiger partial charge in [-0.15, -0.1) is 13.2 Å². The van der Waals surface area contributed by atoms with Crippen molar-refractivity contribution in [1.29, 1.82) is 0 Å². The minimum atomic E-state index is 0. The van der Waals surface area contributed by atoms with E-state index in [1.165, 1.54) is 156 Å². The summed E-state index contributed by atoms with van der Waals surface area (Å²) in [5.74, 6) is 0. The van der Waals surface area contributed by atoms with Crippen molar-refractivity contribution < 1.29 is 101 Å². The number of aliphatic hydroxyl groups is 3. The Morgan fingerprint density at radius 3 is 1.01 bits per heavy atom. The summed E-state index contributed by atoms with van der Waals surface area (Å²) >= 11 is 0. The lowest BCUT2D eigenvalue weighted by molar-refractivity contribution is -0.941. The van der Waals surface area contributed by atoms with Gasteiger partial charge in [0.2, 0.25) is 0 Å². The Morgan fingerprint density at radius 2 is 0.674 bits per heavy atom. The quantitative estimate of drug-likeness (QED) is 0.0357. The molecule has 11 nitrogen and oxygen atoms in total. The van der Waals surface area contributed by atoms with Crippen molar-refractivity contribution in [1.82, 2.24) is 19.6 Å². The van der Waals surface area contributed by atoms with Crippen LogP contribution in [0.25, 0.3) is 0 Å². The maximum atomic E-state index is 9.57. The number of rotatable bonds is 49. The molecule has 0 heterocycles. The summed E-state index contributed by atoms with van der Waals surface area (Å²) in [7, 11) is 2.36. The first-order valence-electron chi connectivity index (χ1n) is 35.9. The van der Waals surface area contributed by atoms with Crippen LogP contribution in [0.4, 0.5) is 0 Å². The maximum Gasteiger partial charge on any atom is 0.105 e. The second-order valence-corrected chi connectivity index (χ2v) is 25.4. The van der Waals surface area contributed by atoms with E-state index in [2.05, 4.69) is 200 Å². The Morgan fingerprint density at radius 1 is 0.326 bits per heavy atom. The normalized spacial score (nSPS) is 11.6. The highest BCUT2D eigenvalue weighted by Gasteiger charge is 2.29. The second-order valence-electron chi connectivity index (χ2n) is 25.4. The van der Waals surface area contributed by atoms with Crippen molar-refractivity contribution in [2.75, 3.05) is 184 Å². The van der Waals surface area contributed by atoms with Gasteiger partial charge in [-0.05, 0) is 104 Å². The van der Waals surface area contributed by atoms with Crippen LogP contribution in [0.2, 0.25) is 0 Å². The van der Waals surface area contributed by atoms with Crippen LogP contribution in [0.1, 0.15) is 130 Å². The number of aliphatic hydroxyl groups excluding tert-OH is 3. The third-order valence-corrected chi connectivity index (χ3v) is 17.9. The fraction of sp³-hybridized carbons (Fsp3) is 0.600. The molecule has 0 aliphatic carbocycles. The number of hydrogen-bond donors (Lipinski definition) is 3. The van der Waals surface area contributed by atoms with E-state index in [9.17, 15) is 5.11 Å². The van der Waals surface area contributed by atoms with E-state index in [1.54, 1.807) is 0 Å². The summed E-state index contributed by atoms with van der Waals surface area (Å²) in [5.41, 5.74) is 4.14. The molecule has 4 aromatic carbocycles. The van der Waals surface area contributed by atoms with E-state index < -0.39 is 0 Å². The summed E-state index contributed by atoms with van der Waals surface area (Å²) in [4.78, 5) is 9.62. The molecule has 1 atom stereocenters. The van der Waals surface area contributed by atoms with Gasteiger partial charge >= 0.3 is 0 Å². The SMILES string of the molecule is C=CCN(CC=C)CC[N+](CC=C)(CC=C)Cc1ccccc1.CCCN(CCC)CCCC[N+](CCC)(CCC)Cc1ccccc1.CCC[N+](CCO)(CCN(CCO)CCO)Cc1ccccc1.CCN(CC)CCC[N+](C)(CC)CC.[Br-].[Br-].[Br-].[Br-].c1ccccc1. The van der Waals surface area contributed by atoms with Crippen LogP contribution < -0.4 is 67.9 Å². The molecule has 4 rings (SSSR count). The molecule has 0 fully saturated rings. The van der Waals surface area contributed by atoms with Gasteiger partial charge in [0.1, 0.15) is 26.2 Å². The predicted octanol–water partition coefficient (Wildman–Crippen LogP) is 2.37. The first kappa shape index (κ1) is 101. The molecule has 3 N–H and O–H groups in total. The van der Waals surface area contributed by atoms with Crippen LogP contribution in [0, 0.1) is 0 Å². The van der Waals surface area contributed by atoms with Crippen LogP contribution in [-0.4, -0.2) is 237 Å². The van der Waals surface area contributed by atoms with Gasteiger partial charge in [0, 0.05) is 68.9 Å². The average Bonchev–Trinajstić information content (AvgIpc) is 1.76. The zero-order valence-corrected chi connectivity index (χ0v) is 68.4. The van der Waals surface area contributed by atoms with E-state index in [1.807, 2.05) is 66.8 Å². The van der Waals surface area contributed by atoms with E-state index >= 15 is 0 Å². The highest BCUT2D eigenvalue weighted by molar-refractivity contribution is 5.15. The molecular formula is C80H142Br4N8O3. The topological polar surface area (TPSA) is 73.7 Å². The highest BCUT2D eigenvalue weighted by Crippen LogP contribution is 2.21. The molecule has 0 aromatic heterocycles. The Hall–Kier alpha value is -2.68. The number of nitrogens with zero attached hydrogens (tertiary/aromatic N) is 8. The Balaban J connectivity index is -0.000000367. The lowest BCUT2D eigenvalue weighted by Crippen LogP contribution is -3.00. The van der Waals surface area contributed by atoms with Gasteiger partial charge in [-0.1, -0.05) is 201 Å². The second kappa shape index (κ2) is 67.2. The lowest BCUT2D eigenvalue weighted by Gasteiger charge is -2.40. The zero-order chi connectivity index (χ0) is 67.6. The van der Waals surface area contributed by atoms with E-state index in [0.717, 1.165) is 93.9 Å². The van der Waals surface area contributed by atoms with E-state index in [-0.39, 0.29) is 87.7 Å². The summed E-state index contributed by atoms with van der Waals surface area (Å²) in [6.07, 6.45) is 18.2. The number of halogens is 4. The molecule has 548 valence electrons. The third kappa shape index (κ3) is 49.5. The van der Waals surface area contributed by atoms with Gasteiger partial charge < -0.3 is 111 Å². The summed E-state index contributed by atoms with van der Waals surface area (Å²) in [6.45, 7) is 65.3. The Bertz CT molecular complexity index is 2180. The molecule has 0 saturated heterocycles. The van der Waals surface area contributed by atoms with Gasteiger partial charge in [0.15, 0.2) is 0 Å². The third-order valence-electron chi connectivity index (χ3n) is 17.9. The number of benzene rings is 4. The molecule has 1 unspecified atom stereocenters. The molecule has 0 spiro atoms. The van der Waals surface area contributed by atoms with Crippen LogP contribution in [0.5, 0.6) is 0 Å². The van der Waals surface area contributed by atoms with Crippen LogP contribution in [0.3, 0.4) is 0 Å². The summed E-state index contributed by atoms with van der Waals surface area (Å²) in [6, 6.07) is 44.2. The maximum absolute atomic E-state index is 9.57. The average molecular weight is 1580 g/mol. The minimum Gasteiger partial charge on any atom is -1.00 e. The fourth-order valence-corrected chi connectivity index (χ4v) is 12.5. The summed E-state index contributed by atoms with van der Waals surface area (Å²) < 4.78 is 4.28. The first-order valence-corrected chi connectivity index (χ1v) is 35.9. The smallest absolute Gasteiger partial charge is 0.105 e. The monoisotopic (exact) mass is 1580 g/mol. The van der Waals surface area contributed by atoms with Crippen LogP contribution in [-0.2, 0) is 19.6 Å². The first-order chi connectivity index (χ1) is 44.2. The van der Waals surface area contributed by atoms with Crippen molar-refractivity contribution >= 4 is 0 Å². The van der Waals surface area contributed by atoms with Crippen molar-refractivity contribution in [3.63, 3.8) is 0 Å². The van der Waals surface area contributed by atoms with Crippen molar-refractivity contribution in [3.05, 3.63) is 195 Å². The molecule has 15 heteroatoms. The fourth-order valence-electron chi connectivity index (χ4n) is 12.5. The number of quaternary nitrogens is 4. The van der Waals surface area contributed by atoms with Crippen LogP contribution in [0.15, 0.2) is 178 Å². The predicted molar refractivity (Wildman–Crippen MR) is 398 cm³/mol. The minimum absolute atomic E-state index is 0.